The molecule has 1 aliphatic rings. The molecule has 2 aromatic carbocycles. The lowest BCUT2D eigenvalue weighted by molar-refractivity contribution is -0.122. The molecule has 7 heteroatoms. The van der Waals surface area contributed by atoms with Crippen LogP contribution in [0.15, 0.2) is 48.5 Å². The summed E-state index contributed by atoms with van der Waals surface area (Å²) in [4.78, 5) is 12.4. The summed E-state index contributed by atoms with van der Waals surface area (Å²) in [7, 11) is -3.52. The van der Waals surface area contributed by atoms with Gasteiger partial charge in [-0.25, -0.2) is 12.8 Å². The van der Waals surface area contributed by atoms with Gasteiger partial charge in [0.25, 0.3) is 0 Å². The summed E-state index contributed by atoms with van der Waals surface area (Å²) in [5.74, 6) is -0.515. The molecule has 1 atom stereocenters. The van der Waals surface area contributed by atoms with E-state index in [1.165, 1.54) is 39.7 Å². The molecule has 0 aromatic heterocycles. The van der Waals surface area contributed by atoms with Gasteiger partial charge >= 0.3 is 0 Å². The third kappa shape index (κ3) is 5.10. The first-order valence-corrected chi connectivity index (χ1v) is 11.3. The first kappa shape index (κ1) is 20.3. The Kier molecular flexibility index (Phi) is 6.34. The molecule has 1 N–H and O–H groups in total. The maximum atomic E-state index is 13.1. The summed E-state index contributed by atoms with van der Waals surface area (Å²) in [6.07, 6.45) is 4.69. The van der Waals surface area contributed by atoms with Crippen molar-refractivity contribution in [2.75, 3.05) is 17.1 Å². The number of nitrogens with one attached hydrogen (secondary N) is 1. The van der Waals surface area contributed by atoms with E-state index in [1.54, 1.807) is 0 Å². The van der Waals surface area contributed by atoms with Gasteiger partial charge in [0.2, 0.25) is 15.9 Å². The molecule has 2 aromatic rings. The SMILES string of the molecule is CS(=O)(=O)N(CCCC(=O)N[C@H]1CCCc2ccccc21)c1ccc(F)cc1. The average Bonchev–Trinajstić information content (AvgIpc) is 2.66. The molecular weight excluding hydrogens is 379 g/mol. The van der Waals surface area contributed by atoms with E-state index in [9.17, 15) is 17.6 Å². The van der Waals surface area contributed by atoms with Gasteiger partial charge in [0.15, 0.2) is 0 Å². The van der Waals surface area contributed by atoms with Crippen LogP contribution in [0.3, 0.4) is 0 Å². The molecule has 3 rings (SSSR count). The largest absolute Gasteiger partial charge is 0.349 e. The second-order valence-corrected chi connectivity index (χ2v) is 9.03. The van der Waals surface area contributed by atoms with Crippen molar-refractivity contribution >= 4 is 21.6 Å². The average molecular weight is 405 g/mol. The van der Waals surface area contributed by atoms with Crippen molar-refractivity contribution in [2.45, 2.75) is 38.1 Å². The Labute approximate surface area is 165 Å². The minimum absolute atomic E-state index is 0.0144. The Bertz CT molecular complexity index is 929. The van der Waals surface area contributed by atoms with Gasteiger partial charge < -0.3 is 5.32 Å². The number of benzene rings is 2. The van der Waals surface area contributed by atoms with Gasteiger partial charge in [-0.1, -0.05) is 24.3 Å². The Hall–Kier alpha value is -2.41. The van der Waals surface area contributed by atoms with Gasteiger partial charge in [0.05, 0.1) is 18.0 Å². The molecule has 1 aliphatic carbocycles. The fourth-order valence-electron chi connectivity index (χ4n) is 3.65. The molecule has 0 radical (unpaired) electrons. The zero-order chi connectivity index (χ0) is 20.1. The number of carbonyl (C=O) groups is 1. The topological polar surface area (TPSA) is 66.5 Å². The van der Waals surface area contributed by atoms with Crippen LogP contribution in [0.1, 0.15) is 42.9 Å². The highest BCUT2D eigenvalue weighted by Gasteiger charge is 2.22. The summed E-state index contributed by atoms with van der Waals surface area (Å²) in [5, 5.41) is 3.08. The normalized spacial score (nSPS) is 16.3. The molecule has 0 fully saturated rings. The quantitative estimate of drug-likeness (QED) is 0.767. The van der Waals surface area contributed by atoms with Crippen LogP contribution in [0.25, 0.3) is 0 Å². The maximum absolute atomic E-state index is 13.1. The molecule has 0 saturated carbocycles. The molecule has 0 aliphatic heterocycles. The number of anilines is 1. The van der Waals surface area contributed by atoms with E-state index < -0.39 is 15.8 Å². The summed E-state index contributed by atoms with van der Waals surface area (Å²) in [6.45, 7) is 0.166. The number of carbonyl (C=O) groups excluding carboxylic acids is 1. The van der Waals surface area contributed by atoms with Crippen molar-refractivity contribution in [3.63, 3.8) is 0 Å². The maximum Gasteiger partial charge on any atom is 0.232 e. The number of fused-ring (bicyclic) bond motifs is 1. The van der Waals surface area contributed by atoms with E-state index in [0.29, 0.717) is 12.1 Å². The van der Waals surface area contributed by atoms with Crippen LogP contribution in [0.5, 0.6) is 0 Å². The van der Waals surface area contributed by atoms with E-state index >= 15 is 0 Å². The number of sulfonamides is 1. The zero-order valence-electron chi connectivity index (χ0n) is 15.9. The number of hydrogen-bond acceptors (Lipinski definition) is 3. The summed E-state index contributed by atoms with van der Waals surface area (Å²) in [6, 6.07) is 13.5. The first-order chi connectivity index (χ1) is 13.3. The highest BCUT2D eigenvalue weighted by molar-refractivity contribution is 7.92. The zero-order valence-corrected chi connectivity index (χ0v) is 16.7. The highest BCUT2D eigenvalue weighted by atomic mass is 32.2. The van der Waals surface area contributed by atoms with E-state index in [1.807, 2.05) is 12.1 Å². The number of amides is 1. The monoisotopic (exact) mass is 404 g/mol. The van der Waals surface area contributed by atoms with Crippen molar-refractivity contribution in [1.82, 2.24) is 5.32 Å². The standard InChI is InChI=1S/C21H25FN2O3S/c1-28(26,27)24(18-13-11-17(22)12-14-18)15-5-10-21(25)23-20-9-4-7-16-6-2-3-8-19(16)20/h2-3,6,8,11-14,20H,4-5,7,9-10,15H2,1H3,(H,23,25)/t20-/m0/s1. The lowest BCUT2D eigenvalue weighted by Gasteiger charge is -2.26. The smallest absolute Gasteiger partial charge is 0.232 e. The van der Waals surface area contributed by atoms with Crippen molar-refractivity contribution < 1.29 is 17.6 Å². The fraction of sp³-hybridized carbons (Fsp3) is 0.381. The third-order valence-corrected chi connectivity index (χ3v) is 6.18. The Morgan fingerprint density at radius 1 is 1.18 bits per heavy atom. The molecule has 0 spiro atoms. The Morgan fingerprint density at radius 2 is 1.89 bits per heavy atom. The lowest BCUT2D eigenvalue weighted by atomic mass is 9.87. The molecule has 1 amide bonds. The lowest BCUT2D eigenvalue weighted by Crippen LogP contribution is -2.33. The number of nitrogens with zero attached hydrogens (tertiary/aromatic N) is 1. The number of aryl methyl sites for hydroxylation is 1. The van der Waals surface area contributed by atoms with Gasteiger partial charge in [0.1, 0.15) is 5.82 Å². The number of hydrogen-bond donors (Lipinski definition) is 1. The van der Waals surface area contributed by atoms with Crippen molar-refractivity contribution in [2.24, 2.45) is 0 Å². The van der Waals surface area contributed by atoms with Gasteiger partial charge in [0, 0.05) is 13.0 Å². The van der Waals surface area contributed by atoms with E-state index in [0.717, 1.165) is 25.5 Å². The second-order valence-electron chi connectivity index (χ2n) is 7.13. The molecule has 0 heterocycles. The van der Waals surface area contributed by atoms with Crippen LogP contribution in [-0.4, -0.2) is 27.1 Å². The van der Waals surface area contributed by atoms with Gasteiger partial charge in [-0.3, -0.25) is 9.10 Å². The molecule has 28 heavy (non-hydrogen) atoms. The summed E-state index contributed by atoms with van der Waals surface area (Å²) in [5.41, 5.74) is 2.84. The minimum Gasteiger partial charge on any atom is -0.349 e. The van der Waals surface area contributed by atoms with Crippen molar-refractivity contribution in [1.29, 1.82) is 0 Å². The number of halogens is 1. The predicted octanol–water partition coefficient (Wildman–Crippen LogP) is 3.57. The van der Waals surface area contributed by atoms with E-state index in [-0.39, 0.29) is 24.9 Å². The molecule has 150 valence electrons. The van der Waals surface area contributed by atoms with Crippen LogP contribution in [-0.2, 0) is 21.2 Å². The highest BCUT2D eigenvalue weighted by Crippen LogP contribution is 2.29. The Morgan fingerprint density at radius 3 is 2.61 bits per heavy atom. The number of rotatable bonds is 7. The molecule has 0 saturated heterocycles. The van der Waals surface area contributed by atoms with Crippen LogP contribution in [0.2, 0.25) is 0 Å². The summed E-state index contributed by atoms with van der Waals surface area (Å²) >= 11 is 0. The predicted molar refractivity (Wildman–Crippen MR) is 108 cm³/mol. The molecule has 0 bridgehead atoms. The summed E-state index contributed by atoms with van der Waals surface area (Å²) < 4.78 is 38.5. The van der Waals surface area contributed by atoms with Gasteiger partial charge in [-0.05, 0) is 61.1 Å². The van der Waals surface area contributed by atoms with Crippen LogP contribution < -0.4 is 9.62 Å². The van der Waals surface area contributed by atoms with Crippen LogP contribution in [0, 0.1) is 5.82 Å². The first-order valence-electron chi connectivity index (χ1n) is 9.45. The third-order valence-electron chi connectivity index (χ3n) is 4.98. The van der Waals surface area contributed by atoms with Gasteiger partial charge in [-0.2, -0.15) is 0 Å². The van der Waals surface area contributed by atoms with Crippen molar-refractivity contribution in [3.8, 4) is 0 Å². The van der Waals surface area contributed by atoms with Gasteiger partial charge in [-0.15, -0.1) is 0 Å². The Balaban J connectivity index is 1.57. The fourth-order valence-corrected chi connectivity index (χ4v) is 4.61. The van der Waals surface area contributed by atoms with Crippen LogP contribution >= 0.6 is 0 Å². The van der Waals surface area contributed by atoms with E-state index in [2.05, 4.69) is 17.4 Å². The van der Waals surface area contributed by atoms with Crippen molar-refractivity contribution in [3.05, 3.63) is 65.5 Å². The van der Waals surface area contributed by atoms with Crippen LogP contribution in [0.4, 0.5) is 10.1 Å². The van der Waals surface area contributed by atoms with E-state index in [4.69, 9.17) is 0 Å². The minimum atomic E-state index is -3.52. The second kappa shape index (κ2) is 8.73. The molecular formula is C21H25FN2O3S. The molecule has 5 nitrogen and oxygen atoms in total. The molecule has 0 unspecified atom stereocenters.